The smallest absolute Gasteiger partial charge is 0.239 e. The Morgan fingerprint density at radius 1 is 1.33 bits per heavy atom. The van der Waals surface area contributed by atoms with Crippen LogP contribution in [0.4, 0.5) is 0 Å². The molecule has 1 aromatic heterocycles. The van der Waals surface area contributed by atoms with E-state index in [0.29, 0.717) is 5.56 Å². The summed E-state index contributed by atoms with van der Waals surface area (Å²) in [6, 6.07) is 11.6. The molecule has 0 bridgehead atoms. The van der Waals surface area contributed by atoms with Crippen LogP contribution in [0.5, 0.6) is 0 Å². The minimum Gasteiger partial charge on any atom is -0.508 e. The summed E-state index contributed by atoms with van der Waals surface area (Å²) >= 11 is 0.885. The molecule has 0 aliphatic carbocycles. The second-order valence-corrected chi connectivity index (χ2v) is 10.6. The largest absolute Gasteiger partial charge is 0.508 e. The number of aliphatic hydroxyl groups is 1. The quantitative estimate of drug-likeness (QED) is 0.586. The number of aliphatic imine (C=N–C) groups is 1. The second kappa shape index (κ2) is 7.81. The van der Waals surface area contributed by atoms with Gasteiger partial charge in [0, 0.05) is 19.5 Å². The van der Waals surface area contributed by atoms with Gasteiger partial charge in [-0.05, 0) is 53.8 Å². The van der Waals surface area contributed by atoms with Crippen LogP contribution < -0.4 is 5.73 Å². The highest BCUT2D eigenvalue weighted by molar-refractivity contribution is 14.2. The molecule has 2 aromatic rings. The van der Waals surface area contributed by atoms with Crippen LogP contribution in [0.15, 0.2) is 62.2 Å². The molecule has 0 radical (unpaired) electrons. The minimum atomic E-state index is -0.844. The van der Waals surface area contributed by atoms with Gasteiger partial charge in [-0.3, -0.25) is 9.69 Å². The average Bonchev–Trinajstić information content (AvgIpc) is 3.25. The van der Waals surface area contributed by atoms with Crippen LogP contribution in [0.3, 0.4) is 0 Å². The topological polar surface area (TPSA) is 103 Å². The predicted molar refractivity (Wildman–Crippen MR) is 129 cm³/mol. The third kappa shape index (κ3) is 3.48. The standard InChI is InChI=1S/C22H19IN4O2S/c1-22(18-9-15(12-30-18)14-5-3-4-13(8-14)11-24)19(17-7-6-16(28)10-23-17)20(29)27(2)21(25)26-22/h3-10,12,19,28H,1-2H3,(H2,25,26)/t19-,22+/m0/s1. The van der Waals surface area contributed by atoms with E-state index in [1.165, 1.54) is 16.2 Å². The molecule has 4 rings (SSSR count). The highest BCUT2D eigenvalue weighted by Gasteiger charge is 2.48. The van der Waals surface area contributed by atoms with Crippen molar-refractivity contribution in [1.82, 2.24) is 4.90 Å². The number of nitrogens with two attached hydrogens (primary N) is 1. The highest BCUT2D eigenvalue weighted by Crippen LogP contribution is 2.48. The van der Waals surface area contributed by atoms with E-state index in [1.807, 2.05) is 42.6 Å². The molecule has 0 fully saturated rings. The number of halogens is 1. The Labute approximate surface area is 188 Å². The lowest BCUT2D eigenvalue weighted by Gasteiger charge is -2.40. The monoisotopic (exact) mass is 530 g/mol. The van der Waals surface area contributed by atoms with Crippen molar-refractivity contribution in [2.75, 3.05) is 7.05 Å². The Balaban J connectivity index is 1.82. The molecule has 6 nitrogen and oxygen atoms in total. The van der Waals surface area contributed by atoms with Gasteiger partial charge in [-0.15, -0.1) is 11.3 Å². The van der Waals surface area contributed by atoms with Crippen molar-refractivity contribution in [3.8, 4) is 17.2 Å². The summed E-state index contributed by atoms with van der Waals surface area (Å²) < 4.78 is 2.79. The molecule has 0 spiro atoms. The number of rotatable bonds is 3. The van der Waals surface area contributed by atoms with Crippen LogP contribution in [0.2, 0.25) is 0 Å². The number of amides is 1. The third-order valence-corrected chi connectivity index (χ3v) is 9.04. The van der Waals surface area contributed by atoms with Crippen LogP contribution in [0.1, 0.15) is 17.4 Å². The van der Waals surface area contributed by atoms with Crippen molar-refractivity contribution < 1.29 is 9.90 Å². The first-order valence-corrected chi connectivity index (χ1v) is 12.3. The molecule has 8 heteroatoms. The zero-order valence-electron chi connectivity index (χ0n) is 16.3. The number of hydrogen-bond donors (Lipinski definition) is 2. The van der Waals surface area contributed by atoms with E-state index in [9.17, 15) is 15.2 Å². The maximum atomic E-state index is 13.3. The van der Waals surface area contributed by atoms with E-state index in [-0.39, 0.29) is 17.6 Å². The number of guanidine groups is 1. The molecular weight excluding hydrogens is 511 g/mol. The summed E-state index contributed by atoms with van der Waals surface area (Å²) in [7, 11) is 1.64. The fourth-order valence-corrected chi connectivity index (χ4v) is 7.11. The molecule has 3 N–H and O–H groups in total. The summed E-state index contributed by atoms with van der Waals surface area (Å²) in [5.41, 5.74) is 7.78. The van der Waals surface area contributed by atoms with Crippen molar-refractivity contribution in [3.63, 3.8) is 0 Å². The summed E-state index contributed by atoms with van der Waals surface area (Å²) in [4.78, 5) is 20.4. The van der Waals surface area contributed by atoms with Crippen LogP contribution in [-0.4, -0.2) is 32.9 Å². The number of nitriles is 1. The molecule has 0 saturated carbocycles. The first-order valence-electron chi connectivity index (χ1n) is 9.13. The van der Waals surface area contributed by atoms with Crippen molar-refractivity contribution in [1.29, 1.82) is 5.26 Å². The summed E-state index contributed by atoms with van der Waals surface area (Å²) in [5.74, 6) is -0.151. The second-order valence-electron chi connectivity index (χ2n) is 7.20. The Kier molecular flexibility index (Phi) is 5.34. The zero-order valence-corrected chi connectivity index (χ0v) is 19.3. The van der Waals surface area contributed by atoms with Gasteiger partial charge in [-0.2, -0.15) is 5.26 Å². The normalized spacial score (nSPS) is 23.8. The van der Waals surface area contributed by atoms with Crippen molar-refractivity contribution in [2.24, 2.45) is 16.6 Å². The van der Waals surface area contributed by atoms with Gasteiger partial charge in [-0.1, -0.05) is 32.9 Å². The maximum absolute atomic E-state index is 13.3. The number of hydrogen-bond acceptors (Lipinski definition) is 6. The number of carbonyl (C=O) groups excluding carboxylic acids is 1. The number of thiophene rings is 1. The summed E-state index contributed by atoms with van der Waals surface area (Å²) in [6.45, 7) is 1.94. The molecule has 30 heavy (non-hydrogen) atoms. The first-order chi connectivity index (χ1) is 14.3. The van der Waals surface area contributed by atoms with Gasteiger partial charge in [0.25, 0.3) is 0 Å². The molecule has 0 saturated heterocycles. The van der Waals surface area contributed by atoms with Crippen LogP contribution in [0.25, 0.3) is 11.1 Å². The zero-order chi connectivity index (χ0) is 21.5. The lowest BCUT2D eigenvalue weighted by molar-refractivity contribution is -0.132. The fraction of sp³-hybridized carbons (Fsp3) is 0.182. The summed E-state index contributed by atoms with van der Waals surface area (Å²) in [6.07, 6.45) is 3.47. The fourth-order valence-electron chi connectivity index (χ4n) is 3.55. The van der Waals surface area contributed by atoms with Gasteiger partial charge in [0.2, 0.25) is 5.91 Å². The van der Waals surface area contributed by atoms with Gasteiger partial charge >= 0.3 is 0 Å². The Bertz CT molecular complexity index is 1200. The van der Waals surface area contributed by atoms with Crippen molar-refractivity contribution >= 4 is 47.9 Å². The summed E-state index contributed by atoms with van der Waals surface area (Å²) in [5, 5.41) is 20.9. The van der Waals surface area contributed by atoms with E-state index in [4.69, 9.17) is 10.7 Å². The number of nitrogens with zero attached hydrogens (tertiary/aromatic N) is 3. The van der Waals surface area contributed by atoms with Crippen LogP contribution in [-0.2, 0) is 10.3 Å². The number of aliphatic hydroxyl groups excluding tert-OH is 1. The van der Waals surface area contributed by atoms with E-state index in [1.54, 1.807) is 23.2 Å². The Morgan fingerprint density at radius 2 is 2.13 bits per heavy atom. The van der Waals surface area contributed by atoms with Gasteiger partial charge in [0.15, 0.2) is 5.96 Å². The van der Waals surface area contributed by atoms with E-state index < -0.39 is 32.2 Å². The molecule has 1 aromatic carbocycles. The third-order valence-electron chi connectivity index (χ3n) is 5.23. The van der Waals surface area contributed by atoms with Gasteiger partial charge in [-0.25, -0.2) is 4.99 Å². The SMILES string of the molecule is CN1C(=O)[C@H](C2=CC=C(O)C=I2)[C@@](C)(c2cc(-c3cccc(C#N)c3)cs2)N=C1N. The number of carbonyl (C=O) groups is 1. The Hall–Kier alpha value is -2.77. The van der Waals surface area contributed by atoms with Gasteiger partial charge in [0.05, 0.1) is 17.6 Å². The first kappa shape index (κ1) is 20.5. The lowest BCUT2D eigenvalue weighted by atomic mass is 9.81. The molecule has 0 unspecified atom stereocenters. The highest BCUT2D eigenvalue weighted by atomic mass is 127. The van der Waals surface area contributed by atoms with E-state index in [2.05, 4.69) is 6.07 Å². The molecule has 3 heterocycles. The van der Waals surface area contributed by atoms with Gasteiger partial charge < -0.3 is 10.8 Å². The molecule has 1 amide bonds. The predicted octanol–water partition coefficient (Wildman–Crippen LogP) is 4.02. The molecule has 152 valence electrons. The van der Waals surface area contributed by atoms with Crippen LogP contribution in [0, 0.1) is 17.2 Å². The average molecular weight is 530 g/mol. The van der Waals surface area contributed by atoms with E-state index >= 15 is 0 Å². The number of allylic oxidation sites excluding steroid dienone is 3. The van der Waals surface area contributed by atoms with E-state index in [0.717, 1.165) is 19.6 Å². The van der Waals surface area contributed by atoms with Crippen molar-refractivity contribution in [3.05, 3.63) is 67.6 Å². The maximum Gasteiger partial charge on any atom is 0.239 e. The lowest BCUT2D eigenvalue weighted by Crippen LogP contribution is -2.53. The molecule has 2 atom stereocenters. The minimum absolute atomic E-state index is 0.0967. The molecular formula is C22H19IN4O2S. The van der Waals surface area contributed by atoms with Crippen molar-refractivity contribution in [2.45, 2.75) is 12.5 Å². The molecule has 2 aliphatic heterocycles. The number of benzene rings is 1. The Morgan fingerprint density at radius 3 is 2.83 bits per heavy atom. The van der Waals surface area contributed by atoms with Gasteiger partial charge in [0.1, 0.15) is 11.3 Å². The molecule has 2 aliphatic rings. The van der Waals surface area contributed by atoms with Crippen LogP contribution >= 0.6 is 32.1 Å².